The Morgan fingerprint density at radius 3 is 2.50 bits per heavy atom. The summed E-state index contributed by atoms with van der Waals surface area (Å²) in [5.41, 5.74) is 1.14. The van der Waals surface area contributed by atoms with Crippen LogP contribution in [0.25, 0.3) is 0 Å². The first kappa shape index (κ1) is 16.6. The van der Waals surface area contributed by atoms with E-state index in [1.807, 2.05) is 29.2 Å². The number of nitrogens with one attached hydrogen (secondary N) is 2. The summed E-state index contributed by atoms with van der Waals surface area (Å²) in [7, 11) is 1.65. The summed E-state index contributed by atoms with van der Waals surface area (Å²) in [5, 5.41) is 5.89. The second kappa shape index (κ2) is 7.53. The molecular weight excluding hydrogens is 308 g/mol. The van der Waals surface area contributed by atoms with Gasteiger partial charge in [0, 0.05) is 45.0 Å². The van der Waals surface area contributed by atoms with Crippen LogP contribution >= 0.6 is 0 Å². The molecule has 0 aromatic heterocycles. The normalized spacial score (nSPS) is 21.4. The van der Waals surface area contributed by atoms with Crippen molar-refractivity contribution in [3.05, 3.63) is 24.3 Å². The molecule has 0 spiro atoms. The van der Waals surface area contributed by atoms with E-state index in [0.29, 0.717) is 19.6 Å². The molecule has 2 heterocycles. The number of carbonyl (C=O) groups excluding carboxylic acids is 2. The third-order valence-electron chi connectivity index (χ3n) is 4.58. The van der Waals surface area contributed by atoms with Crippen LogP contribution in [0.15, 0.2) is 24.3 Å². The summed E-state index contributed by atoms with van der Waals surface area (Å²) in [6, 6.07) is 7.56. The number of ether oxygens (including phenoxy) is 1. The van der Waals surface area contributed by atoms with Gasteiger partial charge in [-0.05, 0) is 24.3 Å². The minimum absolute atomic E-state index is 0.0407. The third-order valence-corrected chi connectivity index (χ3v) is 4.58. The molecule has 1 aromatic rings. The molecule has 2 saturated heterocycles. The van der Waals surface area contributed by atoms with Crippen molar-refractivity contribution in [1.29, 1.82) is 0 Å². The maximum absolute atomic E-state index is 12.4. The molecule has 1 aromatic carbocycles. The largest absolute Gasteiger partial charge is 0.497 e. The molecule has 2 aliphatic rings. The molecule has 130 valence electrons. The van der Waals surface area contributed by atoms with Crippen molar-refractivity contribution in [1.82, 2.24) is 15.5 Å². The van der Waals surface area contributed by atoms with Crippen LogP contribution in [-0.4, -0.2) is 69.1 Å². The molecule has 2 N–H and O–H groups in total. The van der Waals surface area contributed by atoms with Crippen molar-refractivity contribution in [3.63, 3.8) is 0 Å². The minimum Gasteiger partial charge on any atom is -0.497 e. The Balaban J connectivity index is 1.50. The van der Waals surface area contributed by atoms with Crippen LogP contribution in [0.3, 0.4) is 0 Å². The van der Waals surface area contributed by atoms with Gasteiger partial charge in [-0.2, -0.15) is 0 Å². The lowest BCUT2D eigenvalue weighted by molar-refractivity contribution is -0.135. The van der Waals surface area contributed by atoms with Crippen molar-refractivity contribution in [3.8, 4) is 5.75 Å². The smallest absolute Gasteiger partial charge is 0.237 e. The number of rotatable bonds is 4. The zero-order valence-corrected chi connectivity index (χ0v) is 14.0. The number of hydrogen-bond acceptors (Lipinski definition) is 5. The summed E-state index contributed by atoms with van der Waals surface area (Å²) in [4.78, 5) is 28.3. The van der Waals surface area contributed by atoms with Gasteiger partial charge in [0.05, 0.1) is 19.6 Å². The number of hydrogen-bond donors (Lipinski definition) is 2. The maximum atomic E-state index is 12.4. The Bertz CT molecular complexity index is 582. The molecule has 7 nitrogen and oxygen atoms in total. The van der Waals surface area contributed by atoms with Crippen LogP contribution in [0.2, 0.25) is 0 Å². The van der Waals surface area contributed by atoms with Crippen molar-refractivity contribution in [2.45, 2.75) is 12.5 Å². The Morgan fingerprint density at radius 1 is 1.17 bits per heavy atom. The minimum atomic E-state index is -0.397. The fourth-order valence-electron chi connectivity index (χ4n) is 3.12. The predicted octanol–water partition coefficient (Wildman–Crippen LogP) is -0.178. The van der Waals surface area contributed by atoms with E-state index in [2.05, 4.69) is 15.5 Å². The molecule has 1 atom stereocenters. The van der Waals surface area contributed by atoms with Gasteiger partial charge in [-0.3, -0.25) is 9.59 Å². The van der Waals surface area contributed by atoms with Gasteiger partial charge in [0.25, 0.3) is 0 Å². The van der Waals surface area contributed by atoms with Crippen molar-refractivity contribution in [2.75, 3.05) is 51.3 Å². The molecule has 2 aliphatic heterocycles. The van der Waals surface area contributed by atoms with E-state index in [1.54, 1.807) is 7.11 Å². The van der Waals surface area contributed by atoms with Crippen LogP contribution in [0.1, 0.15) is 6.42 Å². The molecular formula is C17H24N4O3. The lowest BCUT2D eigenvalue weighted by atomic mass is 10.1. The summed E-state index contributed by atoms with van der Waals surface area (Å²) in [5.74, 6) is 0.802. The Morgan fingerprint density at radius 2 is 1.88 bits per heavy atom. The molecule has 2 amide bonds. The number of amides is 2. The highest BCUT2D eigenvalue weighted by atomic mass is 16.5. The molecule has 0 bridgehead atoms. The third kappa shape index (κ3) is 3.79. The number of piperazine rings is 2. The fraction of sp³-hybridized carbons (Fsp3) is 0.529. The number of anilines is 1. The van der Waals surface area contributed by atoms with Gasteiger partial charge in [0.15, 0.2) is 0 Å². The van der Waals surface area contributed by atoms with E-state index < -0.39 is 6.04 Å². The molecule has 24 heavy (non-hydrogen) atoms. The van der Waals surface area contributed by atoms with Crippen LogP contribution in [0.4, 0.5) is 5.69 Å². The number of methoxy groups -OCH3 is 1. The summed E-state index contributed by atoms with van der Waals surface area (Å²) in [6.45, 7) is 4.29. The van der Waals surface area contributed by atoms with E-state index in [1.165, 1.54) is 0 Å². The van der Waals surface area contributed by atoms with Gasteiger partial charge < -0.3 is 25.2 Å². The van der Waals surface area contributed by atoms with Crippen LogP contribution in [-0.2, 0) is 9.59 Å². The highest BCUT2D eigenvalue weighted by molar-refractivity contribution is 5.88. The number of carbonyl (C=O) groups is 2. The topological polar surface area (TPSA) is 73.9 Å². The highest BCUT2D eigenvalue weighted by Crippen LogP contribution is 2.20. The SMILES string of the molecule is COc1ccc(N2CCN(C(=O)C[C@@H]3NCCNC3=O)CC2)cc1. The Kier molecular flexibility index (Phi) is 5.20. The van der Waals surface area contributed by atoms with E-state index >= 15 is 0 Å². The summed E-state index contributed by atoms with van der Waals surface area (Å²) >= 11 is 0. The second-order valence-electron chi connectivity index (χ2n) is 6.07. The summed E-state index contributed by atoms with van der Waals surface area (Å²) < 4.78 is 5.18. The number of nitrogens with zero attached hydrogens (tertiary/aromatic N) is 2. The number of benzene rings is 1. The highest BCUT2D eigenvalue weighted by Gasteiger charge is 2.28. The average molecular weight is 332 g/mol. The molecule has 0 saturated carbocycles. The first-order chi connectivity index (χ1) is 11.7. The zero-order chi connectivity index (χ0) is 16.9. The van der Waals surface area contributed by atoms with Gasteiger partial charge in [-0.1, -0.05) is 0 Å². The van der Waals surface area contributed by atoms with Gasteiger partial charge in [-0.15, -0.1) is 0 Å². The second-order valence-corrected chi connectivity index (χ2v) is 6.07. The zero-order valence-electron chi connectivity index (χ0n) is 14.0. The molecule has 2 fully saturated rings. The van der Waals surface area contributed by atoms with Crippen LogP contribution in [0, 0.1) is 0 Å². The van der Waals surface area contributed by atoms with Gasteiger partial charge in [0.2, 0.25) is 11.8 Å². The first-order valence-electron chi connectivity index (χ1n) is 8.35. The molecule has 0 aliphatic carbocycles. The monoisotopic (exact) mass is 332 g/mol. The van der Waals surface area contributed by atoms with Gasteiger partial charge in [-0.25, -0.2) is 0 Å². The van der Waals surface area contributed by atoms with Crippen molar-refractivity contribution < 1.29 is 14.3 Å². The quantitative estimate of drug-likeness (QED) is 0.800. The van der Waals surface area contributed by atoms with Crippen molar-refractivity contribution >= 4 is 17.5 Å². The van der Waals surface area contributed by atoms with E-state index in [0.717, 1.165) is 31.1 Å². The molecule has 0 radical (unpaired) electrons. The average Bonchev–Trinajstić information content (AvgIpc) is 2.64. The van der Waals surface area contributed by atoms with Crippen LogP contribution < -0.4 is 20.3 Å². The lowest BCUT2D eigenvalue weighted by Gasteiger charge is -2.37. The summed E-state index contributed by atoms with van der Waals surface area (Å²) in [6.07, 6.45) is 0.231. The van der Waals surface area contributed by atoms with Gasteiger partial charge in [0.1, 0.15) is 5.75 Å². The lowest BCUT2D eigenvalue weighted by Crippen LogP contribution is -2.56. The maximum Gasteiger partial charge on any atom is 0.237 e. The van der Waals surface area contributed by atoms with Crippen molar-refractivity contribution in [2.24, 2.45) is 0 Å². The van der Waals surface area contributed by atoms with Crippen LogP contribution in [0.5, 0.6) is 5.75 Å². The van der Waals surface area contributed by atoms with E-state index in [4.69, 9.17) is 4.74 Å². The Labute approximate surface area is 141 Å². The van der Waals surface area contributed by atoms with Gasteiger partial charge >= 0.3 is 0 Å². The predicted molar refractivity (Wildman–Crippen MR) is 91.2 cm³/mol. The van der Waals surface area contributed by atoms with E-state index in [9.17, 15) is 9.59 Å². The standard InChI is InChI=1S/C17H24N4O3/c1-24-14-4-2-13(3-5-14)20-8-10-21(11-9-20)16(22)12-15-17(23)19-7-6-18-15/h2-5,15,18H,6-12H2,1H3,(H,19,23)/t15-/m0/s1. The first-order valence-corrected chi connectivity index (χ1v) is 8.35. The molecule has 0 unspecified atom stereocenters. The van der Waals surface area contributed by atoms with E-state index in [-0.39, 0.29) is 18.2 Å². The Hall–Kier alpha value is -2.28. The molecule has 3 rings (SSSR count). The molecule has 7 heteroatoms. The fourth-order valence-corrected chi connectivity index (χ4v) is 3.12.